The second kappa shape index (κ2) is 9.92. The van der Waals surface area contributed by atoms with Crippen molar-refractivity contribution >= 4 is 27.3 Å². The molecule has 0 unspecified atom stereocenters. The van der Waals surface area contributed by atoms with E-state index in [0.29, 0.717) is 12.1 Å². The van der Waals surface area contributed by atoms with E-state index in [0.717, 1.165) is 42.9 Å². The molecule has 8 heteroatoms. The molecule has 0 aliphatic carbocycles. The molecule has 0 radical (unpaired) electrons. The van der Waals surface area contributed by atoms with Crippen molar-refractivity contribution in [2.75, 3.05) is 58.1 Å². The van der Waals surface area contributed by atoms with Gasteiger partial charge >= 0.3 is 0 Å². The van der Waals surface area contributed by atoms with Gasteiger partial charge in [0, 0.05) is 66.2 Å². The number of nitrogens with zero attached hydrogens (tertiary/aromatic N) is 4. The number of hydrogen-bond donors (Lipinski definition) is 0. The third kappa shape index (κ3) is 5.24. The zero-order chi connectivity index (χ0) is 23.5. The van der Waals surface area contributed by atoms with Gasteiger partial charge in [-0.3, -0.25) is 4.79 Å². The molecule has 1 aliphatic heterocycles. The third-order valence-electron chi connectivity index (χ3n) is 5.89. The largest absolute Gasteiger partial charge is 0.378 e. The Hall–Kier alpha value is -2.58. The molecule has 3 rings (SSSR count). The second-order valence-corrected chi connectivity index (χ2v) is 10.9. The van der Waals surface area contributed by atoms with Gasteiger partial charge in [0.05, 0.1) is 10.5 Å². The maximum atomic E-state index is 13.5. The minimum atomic E-state index is -3.64. The Morgan fingerprint density at radius 3 is 2.09 bits per heavy atom. The van der Waals surface area contributed by atoms with E-state index in [9.17, 15) is 13.2 Å². The topological polar surface area (TPSA) is 64.2 Å². The first-order valence-corrected chi connectivity index (χ1v) is 12.4. The van der Waals surface area contributed by atoms with Crippen molar-refractivity contribution < 1.29 is 13.2 Å². The van der Waals surface area contributed by atoms with Gasteiger partial charge in [0.25, 0.3) is 5.91 Å². The minimum Gasteiger partial charge on any atom is -0.378 e. The van der Waals surface area contributed by atoms with Crippen LogP contribution in [0.5, 0.6) is 0 Å². The first-order chi connectivity index (χ1) is 15.1. The molecule has 0 aromatic heterocycles. The molecule has 1 fully saturated rings. The van der Waals surface area contributed by atoms with E-state index in [1.165, 1.54) is 30.9 Å². The van der Waals surface area contributed by atoms with Crippen molar-refractivity contribution in [1.82, 2.24) is 9.21 Å². The summed E-state index contributed by atoms with van der Waals surface area (Å²) in [6.07, 6.45) is 3.31. The van der Waals surface area contributed by atoms with Crippen molar-refractivity contribution in [3.63, 3.8) is 0 Å². The van der Waals surface area contributed by atoms with Crippen LogP contribution in [-0.2, 0) is 16.6 Å². The van der Waals surface area contributed by atoms with Crippen LogP contribution in [0.4, 0.5) is 11.4 Å². The van der Waals surface area contributed by atoms with E-state index >= 15 is 0 Å². The number of carbonyl (C=O) groups is 1. The monoisotopic (exact) mass is 458 g/mol. The highest BCUT2D eigenvalue weighted by molar-refractivity contribution is 7.89. The van der Waals surface area contributed by atoms with Crippen LogP contribution >= 0.6 is 0 Å². The lowest BCUT2D eigenvalue weighted by molar-refractivity contribution is 0.0785. The summed E-state index contributed by atoms with van der Waals surface area (Å²) in [5.74, 6) is -0.182. The fourth-order valence-corrected chi connectivity index (χ4v) is 4.85. The fraction of sp³-hybridized carbons (Fsp3) is 0.458. The lowest BCUT2D eigenvalue weighted by Crippen LogP contribution is -2.33. The van der Waals surface area contributed by atoms with E-state index in [4.69, 9.17) is 0 Å². The van der Waals surface area contributed by atoms with E-state index in [1.54, 1.807) is 24.1 Å². The van der Waals surface area contributed by atoms with Gasteiger partial charge in [0.2, 0.25) is 10.0 Å². The quantitative estimate of drug-likeness (QED) is 0.637. The van der Waals surface area contributed by atoms with Gasteiger partial charge in [0.15, 0.2) is 0 Å². The first-order valence-electron chi connectivity index (χ1n) is 10.9. The molecule has 1 heterocycles. The third-order valence-corrected chi connectivity index (χ3v) is 7.70. The molecule has 2 aromatic rings. The van der Waals surface area contributed by atoms with Crippen molar-refractivity contribution in [3.05, 3.63) is 53.6 Å². The lowest BCUT2D eigenvalue weighted by atomic mass is 10.1. The van der Waals surface area contributed by atoms with Crippen LogP contribution in [0.1, 0.15) is 35.2 Å². The molecule has 0 N–H and O–H groups in total. The highest BCUT2D eigenvalue weighted by Gasteiger charge is 2.25. The molecule has 0 atom stereocenters. The van der Waals surface area contributed by atoms with Crippen LogP contribution in [0.3, 0.4) is 0 Å². The molecule has 174 valence electrons. The predicted molar refractivity (Wildman–Crippen MR) is 130 cm³/mol. The molecule has 0 bridgehead atoms. The maximum Gasteiger partial charge on any atom is 0.256 e. The summed E-state index contributed by atoms with van der Waals surface area (Å²) in [5.41, 5.74) is 3.35. The van der Waals surface area contributed by atoms with Gasteiger partial charge in [-0.1, -0.05) is 12.1 Å². The van der Waals surface area contributed by atoms with Crippen molar-refractivity contribution in [2.45, 2.75) is 30.7 Å². The molecule has 1 aliphatic rings. The lowest BCUT2D eigenvalue weighted by Gasteiger charge is -2.31. The molecule has 7 nitrogen and oxygen atoms in total. The molecular formula is C24H34N4O3S. The number of carbonyl (C=O) groups excluding carboxylic acids is 1. The van der Waals surface area contributed by atoms with Gasteiger partial charge < -0.3 is 14.7 Å². The zero-order valence-corrected chi connectivity index (χ0v) is 20.5. The summed E-state index contributed by atoms with van der Waals surface area (Å²) >= 11 is 0. The van der Waals surface area contributed by atoms with Crippen LogP contribution in [0.15, 0.2) is 47.4 Å². The Bertz CT molecular complexity index is 1040. The van der Waals surface area contributed by atoms with Crippen LogP contribution < -0.4 is 9.80 Å². The summed E-state index contributed by atoms with van der Waals surface area (Å²) in [6.45, 7) is 2.18. The van der Waals surface area contributed by atoms with Gasteiger partial charge in [0.1, 0.15) is 0 Å². The average Bonchev–Trinajstić information content (AvgIpc) is 2.79. The highest BCUT2D eigenvalue weighted by atomic mass is 32.2. The zero-order valence-electron chi connectivity index (χ0n) is 19.7. The molecular weight excluding hydrogens is 424 g/mol. The van der Waals surface area contributed by atoms with Crippen molar-refractivity contribution in [2.24, 2.45) is 0 Å². The van der Waals surface area contributed by atoms with E-state index < -0.39 is 10.0 Å². The van der Waals surface area contributed by atoms with Crippen LogP contribution in [-0.4, -0.2) is 71.9 Å². The Labute approximate surface area is 192 Å². The van der Waals surface area contributed by atoms with E-state index in [1.807, 2.05) is 43.3 Å². The van der Waals surface area contributed by atoms with Gasteiger partial charge in [-0.25, -0.2) is 12.7 Å². The molecule has 1 amide bonds. The summed E-state index contributed by atoms with van der Waals surface area (Å²) < 4.78 is 26.6. The normalized spacial score (nSPS) is 14.5. The second-order valence-electron chi connectivity index (χ2n) is 8.74. The summed E-state index contributed by atoms with van der Waals surface area (Å²) in [6, 6.07) is 13.0. The number of rotatable bonds is 7. The molecule has 2 aromatic carbocycles. The van der Waals surface area contributed by atoms with Crippen molar-refractivity contribution in [1.29, 1.82) is 0 Å². The molecule has 0 spiro atoms. The van der Waals surface area contributed by atoms with E-state index in [-0.39, 0.29) is 10.8 Å². The Morgan fingerprint density at radius 2 is 1.53 bits per heavy atom. The summed E-state index contributed by atoms with van der Waals surface area (Å²) in [4.78, 5) is 19.5. The first kappa shape index (κ1) is 24.1. The molecule has 0 saturated carbocycles. The molecule has 32 heavy (non-hydrogen) atoms. The smallest absolute Gasteiger partial charge is 0.256 e. The van der Waals surface area contributed by atoms with Crippen LogP contribution in [0.25, 0.3) is 0 Å². The SMILES string of the molecule is CN(Cc1ccc(N(C)C)cc1)C(=O)c1cc(S(=O)(=O)N(C)C)ccc1N1CCCCC1. The minimum absolute atomic E-state index is 0.135. The number of piperidine rings is 1. The predicted octanol–water partition coefficient (Wildman–Crippen LogP) is 3.27. The number of hydrogen-bond acceptors (Lipinski definition) is 5. The van der Waals surface area contributed by atoms with Gasteiger partial charge in [-0.15, -0.1) is 0 Å². The number of amides is 1. The number of sulfonamides is 1. The Morgan fingerprint density at radius 1 is 0.906 bits per heavy atom. The standard InChI is InChI=1S/C24H34N4O3S/c1-25(2)20-11-9-19(10-12-20)18-27(5)24(29)22-17-21(32(30,31)26(3)4)13-14-23(22)28-15-7-6-8-16-28/h9-14,17H,6-8,15-16,18H2,1-5H3. The fourth-order valence-electron chi connectivity index (χ4n) is 3.92. The van der Waals surface area contributed by atoms with Gasteiger partial charge in [-0.05, 0) is 55.2 Å². The maximum absolute atomic E-state index is 13.5. The summed E-state index contributed by atoms with van der Waals surface area (Å²) in [7, 11) is 5.09. The Kier molecular flexibility index (Phi) is 7.46. The van der Waals surface area contributed by atoms with Gasteiger partial charge in [-0.2, -0.15) is 0 Å². The molecule has 1 saturated heterocycles. The van der Waals surface area contributed by atoms with Crippen LogP contribution in [0.2, 0.25) is 0 Å². The van der Waals surface area contributed by atoms with Crippen LogP contribution in [0, 0.1) is 0 Å². The number of anilines is 2. The average molecular weight is 459 g/mol. The van der Waals surface area contributed by atoms with E-state index in [2.05, 4.69) is 4.90 Å². The number of benzene rings is 2. The van der Waals surface area contributed by atoms with Crippen molar-refractivity contribution in [3.8, 4) is 0 Å². The summed E-state index contributed by atoms with van der Waals surface area (Å²) in [5, 5.41) is 0. The highest BCUT2D eigenvalue weighted by Crippen LogP contribution is 2.29. The Balaban J connectivity index is 1.93.